The van der Waals surface area contributed by atoms with Crippen molar-refractivity contribution in [3.8, 4) is 11.5 Å². The second-order valence-corrected chi connectivity index (χ2v) is 14.7. The minimum atomic E-state index is -0.938. The van der Waals surface area contributed by atoms with Crippen LogP contribution < -0.4 is 10.1 Å². The van der Waals surface area contributed by atoms with Crippen molar-refractivity contribution in [1.82, 2.24) is 5.32 Å². The molecule has 5 heteroatoms. The molecule has 1 aromatic rings. The lowest BCUT2D eigenvalue weighted by Crippen LogP contribution is -2.86. The Morgan fingerprint density at radius 2 is 1.86 bits per heavy atom. The van der Waals surface area contributed by atoms with Gasteiger partial charge >= 0.3 is 0 Å². The van der Waals surface area contributed by atoms with Crippen molar-refractivity contribution in [2.75, 3.05) is 13.7 Å². The van der Waals surface area contributed by atoms with Crippen LogP contribution in [0.3, 0.4) is 0 Å². The number of hydrogen-bond acceptors (Lipinski definition) is 5. The number of nitrogens with one attached hydrogen (secondary N) is 1. The molecule has 4 bridgehead atoms. The molecule has 7 aliphatic rings. The third kappa shape index (κ3) is 2.37. The predicted molar refractivity (Wildman–Crippen MR) is 139 cm³/mol. The van der Waals surface area contributed by atoms with Gasteiger partial charge in [-0.25, -0.2) is 0 Å². The molecule has 8 rings (SSSR count). The molecule has 6 aliphatic carbocycles. The van der Waals surface area contributed by atoms with Gasteiger partial charge in [-0.05, 0) is 106 Å². The monoisotopic (exact) mass is 495 g/mol. The molecule has 5 fully saturated rings. The Kier molecular flexibility index (Phi) is 4.51. The molecule has 2 unspecified atom stereocenters. The molecule has 2 spiro atoms. The lowest BCUT2D eigenvalue weighted by atomic mass is 9.27. The molecule has 0 radical (unpaired) electrons. The summed E-state index contributed by atoms with van der Waals surface area (Å²) in [6, 6.07) is 4.49. The van der Waals surface area contributed by atoms with E-state index in [0.717, 1.165) is 51.0 Å². The van der Waals surface area contributed by atoms with Crippen molar-refractivity contribution in [2.45, 2.75) is 114 Å². The molecule has 5 nitrogen and oxygen atoms in total. The smallest absolute Gasteiger partial charge is 0.166 e. The van der Waals surface area contributed by atoms with Crippen molar-refractivity contribution in [1.29, 1.82) is 0 Å². The molecule has 8 atom stereocenters. The van der Waals surface area contributed by atoms with Gasteiger partial charge in [0.05, 0.1) is 5.60 Å². The van der Waals surface area contributed by atoms with Crippen LogP contribution in [0.25, 0.3) is 0 Å². The molecule has 1 aliphatic heterocycles. The van der Waals surface area contributed by atoms with Crippen LogP contribution >= 0.6 is 0 Å². The largest absolute Gasteiger partial charge is 0.504 e. The quantitative estimate of drug-likeness (QED) is 0.530. The zero-order valence-corrected chi connectivity index (χ0v) is 23.0. The van der Waals surface area contributed by atoms with E-state index >= 15 is 0 Å². The lowest BCUT2D eigenvalue weighted by Gasteiger charge is -2.78. The number of fused-ring (bicyclic) bond motifs is 2. The summed E-state index contributed by atoms with van der Waals surface area (Å²) >= 11 is 0. The second kappa shape index (κ2) is 6.82. The number of aromatic hydroxyl groups is 1. The van der Waals surface area contributed by atoms with E-state index in [1.807, 2.05) is 20.1 Å². The Morgan fingerprint density at radius 1 is 1.11 bits per heavy atom. The fourth-order valence-corrected chi connectivity index (χ4v) is 10.5. The van der Waals surface area contributed by atoms with E-state index in [2.05, 4.69) is 39.1 Å². The first-order valence-electron chi connectivity index (χ1n) is 14.4. The molecule has 5 saturated carbocycles. The molecular formula is C31H45NO4. The van der Waals surface area contributed by atoms with E-state index in [-0.39, 0.29) is 27.9 Å². The summed E-state index contributed by atoms with van der Waals surface area (Å²) < 4.78 is 13.8. The van der Waals surface area contributed by atoms with Crippen LogP contribution in [0, 0.1) is 28.6 Å². The van der Waals surface area contributed by atoms with Crippen molar-refractivity contribution in [2.24, 2.45) is 28.6 Å². The van der Waals surface area contributed by atoms with Gasteiger partial charge in [0, 0.05) is 30.0 Å². The zero-order valence-electron chi connectivity index (χ0n) is 23.0. The van der Waals surface area contributed by atoms with Crippen LogP contribution in [0.4, 0.5) is 0 Å². The number of aliphatic hydroxyl groups is 1. The maximum Gasteiger partial charge on any atom is 0.166 e. The Hall–Kier alpha value is -1.30. The maximum atomic E-state index is 12.3. The van der Waals surface area contributed by atoms with E-state index < -0.39 is 16.8 Å². The fourth-order valence-electron chi connectivity index (χ4n) is 10.5. The van der Waals surface area contributed by atoms with E-state index in [1.165, 1.54) is 24.0 Å². The van der Waals surface area contributed by atoms with Crippen LogP contribution in [-0.2, 0) is 16.6 Å². The summed E-state index contributed by atoms with van der Waals surface area (Å²) in [7, 11) is 1.84. The number of benzene rings is 1. The summed E-state index contributed by atoms with van der Waals surface area (Å²) in [5, 5.41) is 27.5. The molecule has 0 aromatic heterocycles. The summed E-state index contributed by atoms with van der Waals surface area (Å²) in [5.41, 5.74) is -0.100. The minimum Gasteiger partial charge on any atom is -0.504 e. The summed E-state index contributed by atoms with van der Waals surface area (Å²) in [5.74, 6) is 2.23. The first-order chi connectivity index (χ1) is 16.9. The lowest BCUT2D eigenvalue weighted by molar-refractivity contribution is -0.344. The van der Waals surface area contributed by atoms with Crippen molar-refractivity contribution in [3.63, 3.8) is 0 Å². The van der Waals surface area contributed by atoms with Crippen LogP contribution in [0.5, 0.6) is 11.5 Å². The standard InChI is InChI=1S/C31H45NO4/c1-26(2,3)27(4,34)23-16-29-13-14-31(23,35-6)28(5)30(29)12-11-21(32-17-18-7-8-18)20(29)15-19-9-10-22(33)25(36-28)24(19)30/h9-10,18,20-21,23,32-34H,7-8,11-17H2,1-6H3/t20-,21?,23+,27?,28-,29+,30-,31+/m0/s1. The third-order valence-corrected chi connectivity index (χ3v) is 12.9. The molecular weight excluding hydrogens is 450 g/mol. The van der Waals surface area contributed by atoms with E-state index in [9.17, 15) is 10.2 Å². The molecule has 198 valence electrons. The molecule has 0 saturated heterocycles. The van der Waals surface area contributed by atoms with Crippen molar-refractivity contribution < 1.29 is 19.7 Å². The number of ether oxygens (including phenoxy) is 2. The molecule has 0 amide bonds. The van der Waals surface area contributed by atoms with Crippen LogP contribution in [0.1, 0.15) is 90.7 Å². The Balaban J connectivity index is 1.47. The molecule has 1 heterocycles. The third-order valence-electron chi connectivity index (χ3n) is 12.9. The number of rotatable bonds is 5. The van der Waals surface area contributed by atoms with Gasteiger partial charge in [0.25, 0.3) is 0 Å². The van der Waals surface area contributed by atoms with Gasteiger partial charge in [-0.2, -0.15) is 0 Å². The van der Waals surface area contributed by atoms with Gasteiger partial charge in [0.15, 0.2) is 11.5 Å². The molecule has 36 heavy (non-hydrogen) atoms. The topological polar surface area (TPSA) is 71.0 Å². The SMILES string of the molecule is CO[C@]12CC[C@@]3(C[C@@H]1C(C)(O)C(C)(C)C)[C@H]1Cc4ccc(O)c5c4[C@@]3(CCC1NCC1CC1)[C@]2(C)O5. The van der Waals surface area contributed by atoms with E-state index in [4.69, 9.17) is 9.47 Å². The Morgan fingerprint density at radius 3 is 2.53 bits per heavy atom. The zero-order chi connectivity index (χ0) is 25.5. The Bertz CT molecular complexity index is 1120. The van der Waals surface area contributed by atoms with Crippen LogP contribution in [0.2, 0.25) is 0 Å². The first kappa shape index (κ1) is 23.8. The van der Waals surface area contributed by atoms with Gasteiger partial charge in [-0.3, -0.25) is 0 Å². The summed E-state index contributed by atoms with van der Waals surface area (Å²) in [4.78, 5) is 0. The van der Waals surface area contributed by atoms with E-state index in [0.29, 0.717) is 17.7 Å². The number of phenols is 1. The first-order valence-corrected chi connectivity index (χ1v) is 14.4. The van der Waals surface area contributed by atoms with Gasteiger partial charge in [-0.15, -0.1) is 0 Å². The summed E-state index contributed by atoms with van der Waals surface area (Å²) in [6.07, 6.45) is 8.86. The summed E-state index contributed by atoms with van der Waals surface area (Å²) in [6.45, 7) is 11.9. The maximum absolute atomic E-state index is 12.3. The minimum absolute atomic E-state index is 0.00739. The van der Waals surface area contributed by atoms with Gasteiger partial charge in [0.2, 0.25) is 0 Å². The number of phenolic OH excluding ortho intramolecular Hbond substituents is 1. The van der Waals surface area contributed by atoms with Gasteiger partial charge in [0.1, 0.15) is 11.2 Å². The molecule has 3 N–H and O–H groups in total. The van der Waals surface area contributed by atoms with Crippen molar-refractivity contribution >= 4 is 0 Å². The predicted octanol–water partition coefficient (Wildman–Crippen LogP) is 5.10. The average molecular weight is 496 g/mol. The van der Waals surface area contributed by atoms with Crippen LogP contribution in [0.15, 0.2) is 12.1 Å². The van der Waals surface area contributed by atoms with Crippen LogP contribution in [-0.4, -0.2) is 46.7 Å². The highest BCUT2D eigenvalue weighted by Crippen LogP contribution is 2.82. The second-order valence-electron chi connectivity index (χ2n) is 14.7. The van der Waals surface area contributed by atoms with Gasteiger partial charge < -0.3 is 25.0 Å². The van der Waals surface area contributed by atoms with Gasteiger partial charge in [-0.1, -0.05) is 26.8 Å². The van der Waals surface area contributed by atoms with Crippen molar-refractivity contribution in [3.05, 3.63) is 23.3 Å². The van der Waals surface area contributed by atoms with E-state index in [1.54, 1.807) is 0 Å². The highest BCUT2D eigenvalue weighted by Gasteiger charge is 2.86. The highest BCUT2D eigenvalue weighted by atomic mass is 16.6. The number of hydrogen-bond donors (Lipinski definition) is 3. The average Bonchev–Trinajstić information content (AvgIpc) is 3.59. The fraction of sp³-hybridized carbons (Fsp3) is 0.806. The Labute approximate surface area is 216 Å². The number of methoxy groups -OCH3 is 1. The normalized spacial score (nSPS) is 45.7. The highest BCUT2D eigenvalue weighted by molar-refractivity contribution is 5.64. The molecule has 1 aromatic carbocycles.